The van der Waals surface area contributed by atoms with E-state index in [-0.39, 0.29) is 0 Å². The second-order valence-corrected chi connectivity index (χ2v) is 5.55. The summed E-state index contributed by atoms with van der Waals surface area (Å²) in [5.74, 6) is 0.431. The van der Waals surface area contributed by atoms with Crippen molar-refractivity contribution in [3.05, 3.63) is 70.2 Å². The van der Waals surface area contributed by atoms with Crippen molar-refractivity contribution in [2.45, 2.75) is 32.3 Å². The van der Waals surface area contributed by atoms with Gasteiger partial charge < -0.3 is 5.11 Å². The maximum absolute atomic E-state index is 10.4. The number of aliphatic hydroxyl groups excluding tert-OH is 1. The van der Waals surface area contributed by atoms with Gasteiger partial charge in [0.2, 0.25) is 0 Å². The second kappa shape index (κ2) is 6.23. The van der Waals surface area contributed by atoms with Gasteiger partial charge >= 0.3 is 0 Å². The average molecular weight is 275 g/mol. The van der Waals surface area contributed by atoms with Crippen LogP contribution in [0.15, 0.2) is 48.5 Å². The molecule has 0 saturated carbocycles. The van der Waals surface area contributed by atoms with E-state index in [9.17, 15) is 5.11 Å². The predicted molar refractivity (Wildman–Crippen MR) is 80.6 cm³/mol. The van der Waals surface area contributed by atoms with Gasteiger partial charge in [0.15, 0.2) is 0 Å². The third kappa shape index (κ3) is 3.59. The van der Waals surface area contributed by atoms with Crippen molar-refractivity contribution in [1.29, 1.82) is 0 Å². The minimum absolute atomic E-state index is 0.431. The SMILES string of the molecule is CC(C)c1ccc(Cl)c(C(O)Cc2ccccc2)c1. The third-order valence-corrected chi connectivity index (χ3v) is 3.66. The van der Waals surface area contributed by atoms with Crippen molar-refractivity contribution in [3.63, 3.8) is 0 Å². The molecule has 1 atom stereocenters. The first-order valence-electron chi connectivity index (χ1n) is 6.59. The summed E-state index contributed by atoms with van der Waals surface area (Å²) >= 11 is 6.20. The lowest BCUT2D eigenvalue weighted by atomic mass is 9.96. The van der Waals surface area contributed by atoms with Crippen LogP contribution in [-0.2, 0) is 6.42 Å². The van der Waals surface area contributed by atoms with Gasteiger partial charge in [0.25, 0.3) is 0 Å². The van der Waals surface area contributed by atoms with Gasteiger partial charge in [-0.2, -0.15) is 0 Å². The third-order valence-electron chi connectivity index (χ3n) is 3.32. The van der Waals surface area contributed by atoms with Gasteiger partial charge in [0.05, 0.1) is 6.10 Å². The van der Waals surface area contributed by atoms with E-state index in [2.05, 4.69) is 13.8 Å². The molecule has 2 aromatic rings. The zero-order valence-corrected chi connectivity index (χ0v) is 12.1. The second-order valence-electron chi connectivity index (χ2n) is 5.14. The van der Waals surface area contributed by atoms with Crippen molar-refractivity contribution in [1.82, 2.24) is 0 Å². The fourth-order valence-corrected chi connectivity index (χ4v) is 2.37. The van der Waals surface area contributed by atoms with Crippen LogP contribution in [0.1, 0.15) is 42.6 Å². The number of benzene rings is 2. The van der Waals surface area contributed by atoms with Crippen molar-refractivity contribution >= 4 is 11.6 Å². The molecule has 0 aliphatic carbocycles. The molecule has 0 fully saturated rings. The lowest BCUT2D eigenvalue weighted by molar-refractivity contribution is 0.178. The lowest BCUT2D eigenvalue weighted by Gasteiger charge is -2.15. The van der Waals surface area contributed by atoms with Crippen LogP contribution in [0.25, 0.3) is 0 Å². The minimum atomic E-state index is -0.561. The molecule has 2 heteroatoms. The Kier molecular flexibility index (Phi) is 4.62. The molecule has 0 amide bonds. The molecule has 19 heavy (non-hydrogen) atoms. The number of aliphatic hydroxyl groups is 1. The molecule has 0 aliphatic heterocycles. The Bertz CT molecular complexity index is 534. The molecule has 0 radical (unpaired) electrons. The zero-order valence-electron chi connectivity index (χ0n) is 11.3. The average Bonchev–Trinajstić information content (AvgIpc) is 2.40. The predicted octanol–water partition coefficient (Wildman–Crippen LogP) is 4.74. The first kappa shape index (κ1) is 14.1. The summed E-state index contributed by atoms with van der Waals surface area (Å²) in [6.45, 7) is 4.27. The van der Waals surface area contributed by atoms with Gasteiger partial charge in [-0.3, -0.25) is 0 Å². The van der Waals surface area contributed by atoms with Crippen LogP contribution in [0.5, 0.6) is 0 Å². The summed E-state index contributed by atoms with van der Waals surface area (Å²) in [6.07, 6.45) is 0.0239. The first-order valence-corrected chi connectivity index (χ1v) is 6.97. The van der Waals surface area contributed by atoms with E-state index in [0.717, 1.165) is 11.1 Å². The molecule has 0 aromatic heterocycles. The van der Waals surface area contributed by atoms with E-state index in [1.165, 1.54) is 5.56 Å². The highest BCUT2D eigenvalue weighted by atomic mass is 35.5. The van der Waals surface area contributed by atoms with Crippen LogP contribution in [0.4, 0.5) is 0 Å². The number of hydrogen-bond donors (Lipinski definition) is 1. The van der Waals surface area contributed by atoms with Crippen molar-refractivity contribution in [2.75, 3.05) is 0 Å². The fourth-order valence-electron chi connectivity index (χ4n) is 2.12. The largest absolute Gasteiger partial charge is 0.388 e. The van der Waals surface area contributed by atoms with Gasteiger partial charge in [-0.25, -0.2) is 0 Å². The zero-order chi connectivity index (χ0) is 13.8. The van der Waals surface area contributed by atoms with Crippen LogP contribution >= 0.6 is 11.6 Å². The molecule has 1 nitrogen and oxygen atoms in total. The Morgan fingerprint density at radius 3 is 2.37 bits per heavy atom. The first-order chi connectivity index (χ1) is 9.08. The van der Waals surface area contributed by atoms with Crippen LogP contribution in [-0.4, -0.2) is 5.11 Å². The van der Waals surface area contributed by atoms with Crippen molar-refractivity contribution < 1.29 is 5.11 Å². The highest BCUT2D eigenvalue weighted by molar-refractivity contribution is 6.31. The standard InChI is InChI=1S/C17H19ClO/c1-12(2)14-8-9-16(18)15(11-14)17(19)10-13-6-4-3-5-7-13/h3-9,11-12,17,19H,10H2,1-2H3. The molecule has 100 valence electrons. The van der Waals surface area contributed by atoms with Crippen LogP contribution in [0, 0.1) is 0 Å². The van der Waals surface area contributed by atoms with Gasteiger partial charge in [-0.05, 0) is 28.7 Å². The lowest BCUT2D eigenvalue weighted by Crippen LogP contribution is -2.04. The van der Waals surface area contributed by atoms with E-state index >= 15 is 0 Å². The fraction of sp³-hybridized carbons (Fsp3) is 0.294. The van der Waals surface area contributed by atoms with Crippen molar-refractivity contribution in [3.8, 4) is 0 Å². The Hall–Kier alpha value is -1.31. The summed E-state index contributed by atoms with van der Waals surface area (Å²) in [5, 5.41) is 11.0. The maximum Gasteiger partial charge on any atom is 0.0844 e. The summed E-state index contributed by atoms with van der Waals surface area (Å²) in [4.78, 5) is 0. The van der Waals surface area contributed by atoms with Gasteiger partial charge in [0, 0.05) is 11.4 Å². The van der Waals surface area contributed by atoms with Crippen molar-refractivity contribution in [2.24, 2.45) is 0 Å². The Morgan fingerprint density at radius 2 is 1.74 bits per heavy atom. The molecule has 1 N–H and O–H groups in total. The van der Waals surface area contributed by atoms with Crippen LogP contribution < -0.4 is 0 Å². The molecule has 1 unspecified atom stereocenters. The minimum Gasteiger partial charge on any atom is -0.388 e. The Balaban J connectivity index is 2.23. The topological polar surface area (TPSA) is 20.2 Å². The number of halogens is 1. The molecule has 0 bridgehead atoms. The molecule has 0 aliphatic rings. The molecule has 0 heterocycles. The molecule has 0 spiro atoms. The van der Waals surface area contributed by atoms with E-state index < -0.39 is 6.10 Å². The van der Waals surface area contributed by atoms with E-state index in [1.54, 1.807) is 0 Å². The smallest absolute Gasteiger partial charge is 0.0844 e. The summed E-state index contributed by atoms with van der Waals surface area (Å²) in [7, 11) is 0. The molecule has 0 saturated heterocycles. The van der Waals surface area contributed by atoms with E-state index in [4.69, 9.17) is 11.6 Å². The summed E-state index contributed by atoms with van der Waals surface area (Å²) in [6, 6.07) is 15.9. The maximum atomic E-state index is 10.4. The number of rotatable bonds is 4. The van der Waals surface area contributed by atoms with E-state index in [0.29, 0.717) is 17.4 Å². The number of hydrogen-bond acceptors (Lipinski definition) is 1. The highest BCUT2D eigenvalue weighted by Gasteiger charge is 2.14. The van der Waals surface area contributed by atoms with Gasteiger partial charge in [-0.15, -0.1) is 0 Å². The normalized spacial score (nSPS) is 12.7. The molecular formula is C17H19ClO. The highest BCUT2D eigenvalue weighted by Crippen LogP contribution is 2.29. The monoisotopic (exact) mass is 274 g/mol. The van der Waals surface area contributed by atoms with Gasteiger partial charge in [0.1, 0.15) is 0 Å². The quantitative estimate of drug-likeness (QED) is 0.854. The Morgan fingerprint density at radius 1 is 1.05 bits per heavy atom. The summed E-state index contributed by atoms with van der Waals surface area (Å²) < 4.78 is 0. The van der Waals surface area contributed by atoms with Gasteiger partial charge in [-0.1, -0.05) is 67.9 Å². The van der Waals surface area contributed by atoms with Crippen LogP contribution in [0.2, 0.25) is 5.02 Å². The summed E-state index contributed by atoms with van der Waals surface area (Å²) in [5.41, 5.74) is 3.13. The molecule has 2 aromatic carbocycles. The molecule has 2 rings (SSSR count). The Labute approximate surface area is 119 Å². The van der Waals surface area contributed by atoms with Crippen LogP contribution in [0.3, 0.4) is 0 Å². The van der Waals surface area contributed by atoms with E-state index in [1.807, 2.05) is 48.5 Å². The molecular weight excluding hydrogens is 256 g/mol.